The molecule has 0 bridgehead atoms. The zero-order chi connectivity index (χ0) is 14.1. The average molecular weight is 269 g/mol. The summed E-state index contributed by atoms with van der Waals surface area (Å²) < 4.78 is 0. The molecule has 1 heterocycles. The van der Waals surface area contributed by atoms with E-state index in [-0.39, 0.29) is 16.9 Å². The van der Waals surface area contributed by atoms with Crippen LogP contribution in [0.15, 0.2) is 12.3 Å². The molecule has 1 rings (SSSR count). The van der Waals surface area contributed by atoms with E-state index in [0.29, 0.717) is 10.6 Å². The van der Waals surface area contributed by atoms with E-state index in [2.05, 4.69) is 31.1 Å². The molecule has 0 atom stereocenters. The van der Waals surface area contributed by atoms with Crippen molar-refractivity contribution in [2.45, 2.75) is 52.5 Å². The Morgan fingerprint density at radius 2 is 1.78 bits per heavy atom. The second-order valence-corrected chi connectivity index (χ2v) is 6.91. The Hall–Kier alpha value is -1.09. The topological polar surface area (TPSA) is 42.0 Å². The maximum Gasteiger partial charge on any atom is 0.254 e. The van der Waals surface area contributed by atoms with Crippen molar-refractivity contribution < 1.29 is 4.79 Å². The second kappa shape index (κ2) is 4.88. The zero-order valence-corrected chi connectivity index (χ0v) is 12.6. The van der Waals surface area contributed by atoms with Crippen molar-refractivity contribution in [1.29, 1.82) is 0 Å². The van der Waals surface area contributed by atoms with Gasteiger partial charge in [-0.15, -0.1) is 0 Å². The Morgan fingerprint density at radius 3 is 2.17 bits per heavy atom. The first-order valence-electron chi connectivity index (χ1n) is 5.99. The minimum Gasteiger partial charge on any atom is -0.347 e. The molecule has 1 aromatic heterocycles. The number of carbonyl (C=O) groups excluding carboxylic acids is 1. The van der Waals surface area contributed by atoms with Gasteiger partial charge in [-0.25, -0.2) is 0 Å². The number of carbonyl (C=O) groups is 1. The summed E-state index contributed by atoms with van der Waals surface area (Å²) in [7, 11) is 0. The van der Waals surface area contributed by atoms with Gasteiger partial charge in [0.2, 0.25) is 0 Å². The summed E-state index contributed by atoms with van der Waals surface area (Å²) in [6.45, 7) is 11.9. The van der Waals surface area contributed by atoms with Crippen molar-refractivity contribution in [3.8, 4) is 0 Å². The van der Waals surface area contributed by atoms with Crippen LogP contribution >= 0.6 is 11.6 Å². The Bertz CT molecular complexity index is 456. The first-order valence-corrected chi connectivity index (χ1v) is 6.37. The molecule has 18 heavy (non-hydrogen) atoms. The lowest BCUT2D eigenvalue weighted by atomic mass is 9.91. The summed E-state index contributed by atoms with van der Waals surface area (Å²) in [5.74, 6) is -0.194. The van der Waals surface area contributed by atoms with Crippen LogP contribution in [0, 0.1) is 0 Å². The molecule has 4 heteroatoms. The van der Waals surface area contributed by atoms with Crippen molar-refractivity contribution >= 4 is 17.5 Å². The molecule has 0 radical (unpaired) electrons. The van der Waals surface area contributed by atoms with E-state index in [0.717, 1.165) is 5.69 Å². The van der Waals surface area contributed by atoms with Crippen LogP contribution in [-0.2, 0) is 5.41 Å². The van der Waals surface area contributed by atoms with Crippen LogP contribution in [0.25, 0.3) is 0 Å². The lowest BCUT2D eigenvalue weighted by Crippen LogP contribution is -2.40. The molecule has 3 nitrogen and oxygen atoms in total. The van der Waals surface area contributed by atoms with E-state index in [1.54, 1.807) is 12.3 Å². The predicted molar refractivity (Wildman–Crippen MR) is 75.2 cm³/mol. The Morgan fingerprint density at radius 1 is 1.22 bits per heavy atom. The molecule has 0 saturated heterocycles. The number of nitrogens with zero attached hydrogens (tertiary/aromatic N) is 1. The average Bonchev–Trinajstić information content (AvgIpc) is 2.12. The number of hydrogen-bond donors (Lipinski definition) is 1. The molecular formula is C14H21ClN2O. The smallest absolute Gasteiger partial charge is 0.254 e. The fraction of sp³-hybridized carbons (Fsp3) is 0.571. The van der Waals surface area contributed by atoms with E-state index in [1.165, 1.54) is 0 Å². The summed E-state index contributed by atoms with van der Waals surface area (Å²) in [5, 5.41) is 3.31. The maximum absolute atomic E-state index is 12.0. The van der Waals surface area contributed by atoms with E-state index in [9.17, 15) is 4.79 Å². The highest BCUT2D eigenvalue weighted by molar-refractivity contribution is 6.33. The predicted octanol–water partition coefficient (Wildman–Crippen LogP) is 3.56. The van der Waals surface area contributed by atoms with Crippen molar-refractivity contribution in [1.82, 2.24) is 10.3 Å². The van der Waals surface area contributed by atoms with Crippen molar-refractivity contribution in [3.05, 3.63) is 28.5 Å². The van der Waals surface area contributed by atoms with Gasteiger partial charge in [0.1, 0.15) is 0 Å². The SMILES string of the molecule is CC(C)(C)NC(=O)c1cnc(C(C)(C)C)cc1Cl. The number of hydrogen-bond acceptors (Lipinski definition) is 2. The third-order valence-corrected chi connectivity index (χ3v) is 2.67. The van der Waals surface area contributed by atoms with Crippen LogP contribution in [0.1, 0.15) is 57.6 Å². The second-order valence-electron chi connectivity index (χ2n) is 6.50. The first kappa shape index (κ1) is 15.0. The molecule has 1 aromatic rings. The molecular weight excluding hydrogens is 248 g/mol. The molecule has 1 amide bonds. The van der Waals surface area contributed by atoms with Gasteiger partial charge in [0.25, 0.3) is 5.91 Å². The molecule has 0 saturated carbocycles. The lowest BCUT2D eigenvalue weighted by molar-refractivity contribution is 0.0919. The molecule has 0 aliphatic heterocycles. The van der Waals surface area contributed by atoms with Crippen LogP contribution in [0.5, 0.6) is 0 Å². The van der Waals surface area contributed by atoms with Crippen molar-refractivity contribution in [2.75, 3.05) is 0 Å². The minimum atomic E-state index is -0.289. The number of nitrogens with one attached hydrogen (secondary N) is 1. The first-order chi connectivity index (χ1) is 8.00. The zero-order valence-electron chi connectivity index (χ0n) is 11.9. The van der Waals surface area contributed by atoms with Gasteiger partial charge in [-0.1, -0.05) is 32.4 Å². The van der Waals surface area contributed by atoms with Gasteiger partial charge in [-0.3, -0.25) is 9.78 Å². The van der Waals surface area contributed by atoms with Crippen LogP contribution in [0.2, 0.25) is 5.02 Å². The number of rotatable bonds is 1. The summed E-state index contributed by atoms with van der Waals surface area (Å²) in [5.41, 5.74) is 0.922. The largest absolute Gasteiger partial charge is 0.347 e. The highest BCUT2D eigenvalue weighted by atomic mass is 35.5. The molecule has 0 spiro atoms. The van der Waals surface area contributed by atoms with Gasteiger partial charge in [-0.05, 0) is 26.8 Å². The van der Waals surface area contributed by atoms with Gasteiger partial charge in [0, 0.05) is 22.8 Å². The highest BCUT2D eigenvalue weighted by Gasteiger charge is 2.21. The van der Waals surface area contributed by atoms with Crippen LogP contribution in [0.3, 0.4) is 0 Å². The van der Waals surface area contributed by atoms with Crippen LogP contribution < -0.4 is 5.32 Å². The van der Waals surface area contributed by atoms with Gasteiger partial charge in [0.05, 0.1) is 10.6 Å². The van der Waals surface area contributed by atoms with Crippen molar-refractivity contribution in [3.63, 3.8) is 0 Å². The van der Waals surface area contributed by atoms with Crippen LogP contribution in [-0.4, -0.2) is 16.4 Å². The normalized spacial score (nSPS) is 12.4. The Kier molecular flexibility index (Phi) is 4.06. The van der Waals surface area contributed by atoms with Crippen molar-refractivity contribution in [2.24, 2.45) is 0 Å². The van der Waals surface area contributed by atoms with E-state index < -0.39 is 0 Å². The van der Waals surface area contributed by atoms with Crippen LogP contribution in [0.4, 0.5) is 0 Å². The summed E-state index contributed by atoms with van der Waals surface area (Å²) in [6.07, 6.45) is 1.55. The monoisotopic (exact) mass is 268 g/mol. The molecule has 1 N–H and O–H groups in total. The number of halogens is 1. The van der Waals surface area contributed by atoms with Gasteiger partial charge in [0.15, 0.2) is 0 Å². The summed E-state index contributed by atoms with van der Waals surface area (Å²) in [6, 6.07) is 1.76. The third kappa shape index (κ3) is 3.98. The van der Waals surface area contributed by atoms with E-state index >= 15 is 0 Å². The molecule has 0 aliphatic rings. The number of amides is 1. The minimum absolute atomic E-state index is 0.0807. The Balaban J connectivity index is 3.03. The highest BCUT2D eigenvalue weighted by Crippen LogP contribution is 2.25. The fourth-order valence-electron chi connectivity index (χ4n) is 1.42. The van der Waals surface area contributed by atoms with E-state index in [4.69, 9.17) is 11.6 Å². The number of aromatic nitrogens is 1. The standard InChI is InChI=1S/C14H21ClN2O/c1-13(2,3)11-7-10(15)9(8-16-11)12(18)17-14(4,5)6/h7-8H,1-6H3,(H,17,18). The van der Waals surface area contributed by atoms with Gasteiger partial charge >= 0.3 is 0 Å². The summed E-state index contributed by atoms with van der Waals surface area (Å²) in [4.78, 5) is 16.3. The number of pyridine rings is 1. The lowest BCUT2D eigenvalue weighted by Gasteiger charge is -2.22. The third-order valence-electron chi connectivity index (χ3n) is 2.36. The molecule has 100 valence electrons. The Labute approximate surface area is 114 Å². The van der Waals surface area contributed by atoms with Gasteiger partial charge < -0.3 is 5.32 Å². The maximum atomic E-state index is 12.0. The van der Waals surface area contributed by atoms with E-state index in [1.807, 2.05) is 20.8 Å². The molecule has 0 fully saturated rings. The summed E-state index contributed by atoms with van der Waals surface area (Å²) >= 11 is 6.16. The molecule has 0 aliphatic carbocycles. The molecule has 0 unspecified atom stereocenters. The molecule has 0 aromatic carbocycles. The quantitative estimate of drug-likeness (QED) is 0.846. The fourth-order valence-corrected chi connectivity index (χ4v) is 1.65. The van der Waals surface area contributed by atoms with Gasteiger partial charge in [-0.2, -0.15) is 0 Å².